The third kappa shape index (κ3) is 4.10. The number of carbonyl (C=O) groups is 1. The number of carbonyl (C=O) groups excluding carboxylic acids is 1. The van der Waals surface area contributed by atoms with Crippen LogP contribution in [0.25, 0.3) is 0 Å². The van der Waals surface area contributed by atoms with Gasteiger partial charge in [0.05, 0.1) is 0 Å². The van der Waals surface area contributed by atoms with E-state index in [0.717, 1.165) is 56.0 Å². The maximum absolute atomic E-state index is 13.4. The summed E-state index contributed by atoms with van der Waals surface area (Å²) in [7, 11) is 0. The molecule has 1 amide bonds. The van der Waals surface area contributed by atoms with E-state index in [1.165, 1.54) is 32.1 Å². The molecule has 2 N–H and O–H groups in total. The number of hydrogen-bond acceptors (Lipinski definition) is 5. The molecule has 4 rings (SSSR count). The van der Waals surface area contributed by atoms with Gasteiger partial charge < -0.3 is 15.5 Å². The van der Waals surface area contributed by atoms with E-state index in [4.69, 9.17) is 10.7 Å². The molecule has 2 aliphatic carbocycles. The van der Waals surface area contributed by atoms with Crippen molar-refractivity contribution >= 4 is 11.7 Å². The summed E-state index contributed by atoms with van der Waals surface area (Å²) in [5.41, 5.74) is 8.05. The van der Waals surface area contributed by atoms with Gasteiger partial charge in [-0.1, -0.05) is 19.3 Å². The van der Waals surface area contributed by atoms with Crippen molar-refractivity contribution in [3.05, 3.63) is 17.1 Å². The quantitative estimate of drug-likeness (QED) is 0.861. The van der Waals surface area contributed by atoms with Crippen molar-refractivity contribution in [2.24, 2.45) is 11.7 Å². The first-order valence-corrected chi connectivity index (χ1v) is 10.7. The molecule has 2 saturated carbocycles. The molecule has 6 nitrogen and oxygen atoms in total. The van der Waals surface area contributed by atoms with Crippen LogP contribution in [-0.4, -0.2) is 52.5 Å². The highest BCUT2D eigenvalue weighted by Crippen LogP contribution is 2.32. The fraction of sp³-hybridized carbons (Fsp3) is 0.762. The summed E-state index contributed by atoms with van der Waals surface area (Å²) in [4.78, 5) is 27.0. The topological polar surface area (TPSA) is 75.4 Å². The van der Waals surface area contributed by atoms with Crippen molar-refractivity contribution in [3.8, 4) is 0 Å². The third-order valence-electron chi connectivity index (χ3n) is 6.51. The minimum absolute atomic E-state index is 0.0240. The smallest absolute Gasteiger partial charge is 0.291 e. The van der Waals surface area contributed by atoms with Crippen LogP contribution >= 0.6 is 0 Å². The van der Waals surface area contributed by atoms with Crippen LogP contribution in [0.5, 0.6) is 0 Å². The van der Waals surface area contributed by atoms with E-state index < -0.39 is 0 Å². The summed E-state index contributed by atoms with van der Waals surface area (Å²) < 4.78 is 0. The Labute approximate surface area is 162 Å². The maximum Gasteiger partial charge on any atom is 0.291 e. The largest absolute Gasteiger partial charge is 0.355 e. The Hall–Kier alpha value is -1.69. The Bertz CT molecular complexity index is 696. The average molecular weight is 372 g/mol. The molecule has 27 heavy (non-hydrogen) atoms. The molecule has 0 radical (unpaired) electrons. The molecular weight excluding hydrogens is 338 g/mol. The second-order valence-electron chi connectivity index (χ2n) is 8.77. The van der Waals surface area contributed by atoms with Gasteiger partial charge >= 0.3 is 0 Å². The van der Waals surface area contributed by atoms with E-state index in [1.54, 1.807) is 0 Å². The van der Waals surface area contributed by atoms with Gasteiger partial charge in [-0.2, -0.15) is 0 Å². The Kier molecular flexibility index (Phi) is 5.35. The first-order valence-electron chi connectivity index (χ1n) is 10.7. The van der Waals surface area contributed by atoms with Gasteiger partial charge in [-0.15, -0.1) is 0 Å². The molecule has 0 aromatic carbocycles. The van der Waals surface area contributed by atoms with Crippen LogP contribution in [0, 0.1) is 19.8 Å². The van der Waals surface area contributed by atoms with E-state index in [9.17, 15) is 4.79 Å². The molecule has 6 heteroatoms. The highest BCUT2D eigenvalue weighted by atomic mass is 16.2. The van der Waals surface area contributed by atoms with E-state index in [1.807, 2.05) is 13.8 Å². The maximum atomic E-state index is 13.4. The number of hydrogen-bond donors (Lipinski definition) is 1. The number of nitrogens with zero attached hydrogens (tertiary/aromatic N) is 4. The summed E-state index contributed by atoms with van der Waals surface area (Å²) in [6.45, 7) is 6.61. The molecule has 1 aromatic heterocycles. The second-order valence-corrected chi connectivity index (χ2v) is 8.77. The number of anilines is 1. The average Bonchev–Trinajstić information content (AvgIpc) is 3.42. The first-order chi connectivity index (χ1) is 13.0. The molecule has 2 heterocycles. The zero-order valence-electron chi connectivity index (χ0n) is 16.8. The van der Waals surface area contributed by atoms with Crippen molar-refractivity contribution < 1.29 is 4.79 Å². The van der Waals surface area contributed by atoms with Gasteiger partial charge in [-0.25, -0.2) is 9.97 Å². The van der Waals surface area contributed by atoms with Crippen molar-refractivity contribution in [2.45, 2.75) is 77.3 Å². The minimum Gasteiger partial charge on any atom is -0.355 e. The fourth-order valence-corrected chi connectivity index (χ4v) is 4.56. The summed E-state index contributed by atoms with van der Waals surface area (Å²) in [6, 6.07) is 0.585. The molecule has 1 atom stereocenters. The Morgan fingerprint density at radius 3 is 2.48 bits per heavy atom. The predicted octanol–water partition coefficient (Wildman–Crippen LogP) is 2.82. The van der Waals surface area contributed by atoms with Crippen molar-refractivity contribution in [2.75, 3.05) is 24.5 Å². The highest BCUT2D eigenvalue weighted by Gasteiger charge is 2.36. The van der Waals surface area contributed by atoms with Crippen molar-refractivity contribution in [1.29, 1.82) is 0 Å². The van der Waals surface area contributed by atoms with E-state index in [2.05, 4.69) is 14.8 Å². The van der Waals surface area contributed by atoms with Crippen LogP contribution in [0.4, 0.5) is 5.82 Å². The van der Waals surface area contributed by atoms with Gasteiger partial charge in [-0.05, 0) is 51.9 Å². The van der Waals surface area contributed by atoms with Gasteiger partial charge in [0.25, 0.3) is 5.91 Å². The number of amides is 1. The third-order valence-corrected chi connectivity index (χ3v) is 6.51. The first kappa shape index (κ1) is 18.7. The predicted molar refractivity (Wildman–Crippen MR) is 107 cm³/mol. The fourth-order valence-electron chi connectivity index (χ4n) is 4.56. The van der Waals surface area contributed by atoms with Crippen molar-refractivity contribution in [3.63, 3.8) is 0 Å². The monoisotopic (exact) mass is 371 g/mol. The van der Waals surface area contributed by atoms with Gasteiger partial charge in [0.2, 0.25) is 5.82 Å². The summed E-state index contributed by atoms with van der Waals surface area (Å²) >= 11 is 0. The Morgan fingerprint density at radius 1 is 1.11 bits per heavy atom. The van der Waals surface area contributed by atoms with Crippen LogP contribution in [0.2, 0.25) is 0 Å². The standard InChI is InChI=1S/C21H33N5O/c1-14-15(2)23-19(24-20(14)25-11-10-17(22)13-25)21(27)26(18-8-9-18)12-16-6-4-3-5-7-16/h16-18H,3-13,22H2,1-2H3/t17-/m1/s1. The van der Waals surface area contributed by atoms with Gasteiger partial charge in [-0.3, -0.25) is 4.79 Å². The molecule has 0 bridgehead atoms. The lowest BCUT2D eigenvalue weighted by Crippen LogP contribution is -2.39. The minimum atomic E-state index is 0.0240. The lowest BCUT2D eigenvalue weighted by molar-refractivity contribution is 0.0686. The van der Waals surface area contributed by atoms with Crippen LogP contribution in [0.3, 0.4) is 0 Å². The van der Waals surface area contributed by atoms with E-state index >= 15 is 0 Å². The zero-order valence-corrected chi connectivity index (χ0v) is 16.8. The summed E-state index contributed by atoms with van der Waals surface area (Å²) in [6.07, 6.45) is 9.67. The number of aromatic nitrogens is 2. The van der Waals surface area contributed by atoms with Gasteiger partial charge in [0, 0.05) is 43.0 Å². The van der Waals surface area contributed by atoms with Crippen LogP contribution in [-0.2, 0) is 0 Å². The SMILES string of the molecule is Cc1nc(C(=O)N(CC2CCCCC2)C2CC2)nc(N2CC[C@@H](N)C2)c1C. The van der Waals surface area contributed by atoms with Crippen LogP contribution < -0.4 is 10.6 Å². The molecule has 3 aliphatic rings. The number of aryl methyl sites for hydroxylation is 1. The molecule has 1 aromatic rings. The van der Waals surface area contributed by atoms with Crippen LogP contribution in [0.1, 0.15) is 73.2 Å². The second kappa shape index (κ2) is 7.74. The molecule has 3 fully saturated rings. The Balaban J connectivity index is 1.56. The molecule has 1 saturated heterocycles. The lowest BCUT2D eigenvalue weighted by Gasteiger charge is -2.30. The summed E-state index contributed by atoms with van der Waals surface area (Å²) in [5, 5.41) is 0. The molecule has 0 unspecified atom stereocenters. The van der Waals surface area contributed by atoms with E-state index in [0.29, 0.717) is 17.8 Å². The highest BCUT2D eigenvalue weighted by molar-refractivity contribution is 5.91. The molecule has 0 spiro atoms. The van der Waals surface area contributed by atoms with Gasteiger partial charge in [0.1, 0.15) is 5.82 Å². The molecule has 1 aliphatic heterocycles. The van der Waals surface area contributed by atoms with E-state index in [-0.39, 0.29) is 11.9 Å². The Morgan fingerprint density at radius 2 is 1.85 bits per heavy atom. The lowest BCUT2D eigenvalue weighted by atomic mass is 9.89. The number of nitrogens with two attached hydrogens (primary N) is 1. The molecule has 148 valence electrons. The van der Waals surface area contributed by atoms with Crippen LogP contribution in [0.15, 0.2) is 0 Å². The van der Waals surface area contributed by atoms with Crippen molar-refractivity contribution in [1.82, 2.24) is 14.9 Å². The zero-order chi connectivity index (χ0) is 19.0. The summed E-state index contributed by atoms with van der Waals surface area (Å²) in [5.74, 6) is 1.94. The van der Waals surface area contributed by atoms with Gasteiger partial charge in [0.15, 0.2) is 0 Å². The normalized spacial score (nSPS) is 23.7. The number of rotatable bonds is 5. The molecular formula is C21H33N5O.